The van der Waals surface area contributed by atoms with Crippen LogP contribution in [-0.4, -0.2) is 7.11 Å². The van der Waals surface area contributed by atoms with E-state index < -0.39 is 0 Å². The first-order valence-corrected chi connectivity index (χ1v) is 7.24. The molecule has 1 unspecified atom stereocenters. The summed E-state index contributed by atoms with van der Waals surface area (Å²) in [5, 5.41) is -0.130. The van der Waals surface area contributed by atoms with Gasteiger partial charge in [0.2, 0.25) is 0 Å². The van der Waals surface area contributed by atoms with Crippen molar-refractivity contribution in [2.24, 2.45) is 0 Å². The maximum Gasteiger partial charge on any atom is 0.118 e. The Morgan fingerprint density at radius 3 is 1.70 bits per heavy atom. The molecule has 2 aromatic rings. The van der Waals surface area contributed by atoms with Crippen molar-refractivity contribution in [3.63, 3.8) is 0 Å². The van der Waals surface area contributed by atoms with E-state index in [9.17, 15) is 0 Å². The first-order valence-electron chi connectivity index (χ1n) is 6.80. The van der Waals surface area contributed by atoms with Gasteiger partial charge in [-0.15, -0.1) is 11.6 Å². The van der Waals surface area contributed by atoms with Crippen molar-refractivity contribution < 1.29 is 4.74 Å². The van der Waals surface area contributed by atoms with Crippen LogP contribution in [-0.2, 0) is 5.41 Å². The van der Waals surface area contributed by atoms with E-state index in [0.717, 1.165) is 16.9 Å². The van der Waals surface area contributed by atoms with E-state index in [1.165, 1.54) is 5.56 Å². The Morgan fingerprint density at radius 1 is 0.850 bits per heavy atom. The Kier molecular flexibility index (Phi) is 4.39. The molecule has 0 saturated heterocycles. The van der Waals surface area contributed by atoms with Crippen LogP contribution in [0, 0.1) is 0 Å². The minimum absolute atomic E-state index is 0.130. The van der Waals surface area contributed by atoms with Gasteiger partial charge in [-0.3, -0.25) is 0 Å². The van der Waals surface area contributed by atoms with Gasteiger partial charge in [0.1, 0.15) is 5.75 Å². The van der Waals surface area contributed by atoms with Crippen LogP contribution in [0.5, 0.6) is 5.75 Å². The number of rotatable bonds is 3. The highest BCUT2D eigenvalue weighted by molar-refractivity contribution is 6.22. The summed E-state index contributed by atoms with van der Waals surface area (Å²) in [5.41, 5.74) is 3.68. The number of hydrogen-bond acceptors (Lipinski definition) is 1. The highest BCUT2D eigenvalue weighted by atomic mass is 35.5. The second-order valence-corrected chi connectivity index (χ2v) is 6.44. The molecule has 0 bridgehead atoms. The van der Waals surface area contributed by atoms with E-state index in [-0.39, 0.29) is 10.8 Å². The van der Waals surface area contributed by atoms with Gasteiger partial charge in [0.25, 0.3) is 0 Å². The van der Waals surface area contributed by atoms with Crippen LogP contribution in [0.1, 0.15) is 42.8 Å². The summed E-state index contributed by atoms with van der Waals surface area (Å²) in [4.78, 5) is 0. The molecule has 106 valence electrons. The van der Waals surface area contributed by atoms with Crippen molar-refractivity contribution in [2.75, 3.05) is 7.11 Å². The average molecular weight is 289 g/mol. The lowest BCUT2D eigenvalue weighted by Crippen LogP contribution is -2.10. The number of halogens is 1. The van der Waals surface area contributed by atoms with Gasteiger partial charge in [-0.1, -0.05) is 57.2 Å². The molecule has 0 N–H and O–H groups in total. The third kappa shape index (κ3) is 3.34. The topological polar surface area (TPSA) is 9.23 Å². The van der Waals surface area contributed by atoms with E-state index in [4.69, 9.17) is 16.3 Å². The van der Waals surface area contributed by atoms with Crippen molar-refractivity contribution in [1.82, 2.24) is 0 Å². The standard InChI is InChI=1S/C18H21ClO/c1-18(2,3)15-9-5-13(6-10-15)17(19)14-7-11-16(20-4)12-8-14/h5-12,17H,1-4H3. The summed E-state index contributed by atoms with van der Waals surface area (Å²) in [7, 11) is 1.67. The van der Waals surface area contributed by atoms with Crippen LogP contribution in [0.2, 0.25) is 0 Å². The molecule has 0 aromatic heterocycles. The molecule has 0 aliphatic heterocycles. The Balaban J connectivity index is 2.22. The van der Waals surface area contributed by atoms with Crippen LogP contribution in [0.4, 0.5) is 0 Å². The molecular formula is C18H21ClO. The minimum atomic E-state index is -0.130. The Hall–Kier alpha value is -1.47. The van der Waals surface area contributed by atoms with Gasteiger partial charge in [-0.2, -0.15) is 0 Å². The molecule has 2 heteroatoms. The monoisotopic (exact) mass is 288 g/mol. The summed E-state index contributed by atoms with van der Waals surface area (Å²) in [6.07, 6.45) is 0. The van der Waals surface area contributed by atoms with E-state index in [1.807, 2.05) is 24.3 Å². The SMILES string of the molecule is COc1ccc(C(Cl)c2ccc(C(C)(C)C)cc2)cc1. The fraction of sp³-hybridized carbons (Fsp3) is 0.333. The zero-order valence-electron chi connectivity index (χ0n) is 12.5. The fourth-order valence-electron chi connectivity index (χ4n) is 2.12. The molecule has 0 radical (unpaired) electrons. The Morgan fingerprint density at radius 2 is 1.30 bits per heavy atom. The third-order valence-electron chi connectivity index (χ3n) is 3.48. The molecule has 20 heavy (non-hydrogen) atoms. The molecule has 0 aliphatic carbocycles. The molecule has 0 amide bonds. The smallest absolute Gasteiger partial charge is 0.118 e. The van der Waals surface area contributed by atoms with Crippen molar-refractivity contribution in [2.45, 2.75) is 31.6 Å². The van der Waals surface area contributed by atoms with Crippen molar-refractivity contribution in [1.29, 1.82) is 0 Å². The van der Waals surface area contributed by atoms with Gasteiger partial charge >= 0.3 is 0 Å². The van der Waals surface area contributed by atoms with Crippen molar-refractivity contribution in [3.05, 3.63) is 65.2 Å². The van der Waals surface area contributed by atoms with Crippen LogP contribution in [0.3, 0.4) is 0 Å². The predicted molar refractivity (Wildman–Crippen MR) is 85.8 cm³/mol. The molecule has 2 rings (SSSR count). The second kappa shape index (κ2) is 5.88. The minimum Gasteiger partial charge on any atom is -0.497 e. The van der Waals surface area contributed by atoms with E-state index in [2.05, 4.69) is 45.0 Å². The summed E-state index contributed by atoms with van der Waals surface area (Å²) in [6, 6.07) is 16.4. The zero-order chi connectivity index (χ0) is 14.8. The number of benzene rings is 2. The summed E-state index contributed by atoms with van der Waals surface area (Å²) < 4.78 is 5.16. The lowest BCUT2D eigenvalue weighted by molar-refractivity contribution is 0.414. The molecule has 0 aliphatic rings. The van der Waals surface area contributed by atoms with Gasteiger partial charge in [0.15, 0.2) is 0 Å². The summed E-state index contributed by atoms with van der Waals surface area (Å²) in [6.45, 7) is 6.64. The van der Waals surface area contributed by atoms with Crippen molar-refractivity contribution >= 4 is 11.6 Å². The molecule has 0 heterocycles. The number of alkyl halides is 1. The quantitative estimate of drug-likeness (QED) is 0.695. The van der Waals surface area contributed by atoms with E-state index in [0.29, 0.717) is 0 Å². The first-order chi connectivity index (χ1) is 9.41. The molecule has 0 fully saturated rings. The van der Waals surface area contributed by atoms with E-state index >= 15 is 0 Å². The van der Waals surface area contributed by atoms with Gasteiger partial charge in [0, 0.05) is 0 Å². The Bertz CT molecular complexity index is 549. The van der Waals surface area contributed by atoms with Crippen LogP contribution < -0.4 is 4.74 Å². The average Bonchev–Trinajstić information content (AvgIpc) is 2.46. The van der Waals surface area contributed by atoms with Gasteiger partial charge in [-0.25, -0.2) is 0 Å². The highest BCUT2D eigenvalue weighted by Crippen LogP contribution is 2.31. The largest absolute Gasteiger partial charge is 0.497 e. The zero-order valence-corrected chi connectivity index (χ0v) is 13.2. The molecule has 0 spiro atoms. The number of ether oxygens (including phenoxy) is 1. The molecular weight excluding hydrogens is 268 g/mol. The van der Waals surface area contributed by atoms with Gasteiger partial charge in [-0.05, 0) is 34.2 Å². The maximum absolute atomic E-state index is 6.55. The fourth-order valence-corrected chi connectivity index (χ4v) is 2.41. The molecule has 0 saturated carbocycles. The molecule has 1 nitrogen and oxygen atoms in total. The lowest BCUT2D eigenvalue weighted by atomic mass is 9.86. The molecule has 1 atom stereocenters. The maximum atomic E-state index is 6.55. The first kappa shape index (κ1) is 14.9. The van der Waals surface area contributed by atoms with Crippen LogP contribution in [0.15, 0.2) is 48.5 Å². The van der Waals surface area contributed by atoms with Crippen LogP contribution >= 0.6 is 11.6 Å². The van der Waals surface area contributed by atoms with E-state index in [1.54, 1.807) is 7.11 Å². The Labute approximate surface area is 126 Å². The third-order valence-corrected chi connectivity index (χ3v) is 3.98. The van der Waals surface area contributed by atoms with Crippen molar-refractivity contribution in [3.8, 4) is 5.75 Å². The number of methoxy groups -OCH3 is 1. The second-order valence-electron chi connectivity index (χ2n) is 6.01. The van der Waals surface area contributed by atoms with Gasteiger partial charge < -0.3 is 4.74 Å². The predicted octanol–water partition coefficient (Wildman–Crippen LogP) is 5.32. The van der Waals surface area contributed by atoms with Crippen LogP contribution in [0.25, 0.3) is 0 Å². The lowest BCUT2D eigenvalue weighted by Gasteiger charge is -2.20. The number of hydrogen-bond donors (Lipinski definition) is 0. The molecule has 2 aromatic carbocycles. The summed E-state index contributed by atoms with van der Waals surface area (Å²) >= 11 is 6.55. The van der Waals surface area contributed by atoms with Gasteiger partial charge in [0.05, 0.1) is 12.5 Å². The normalized spacial score (nSPS) is 13.1. The highest BCUT2D eigenvalue weighted by Gasteiger charge is 2.15. The summed E-state index contributed by atoms with van der Waals surface area (Å²) in [5.74, 6) is 0.848.